The molecule has 0 atom stereocenters. The van der Waals surface area contributed by atoms with Gasteiger partial charge in [0.15, 0.2) is 12.4 Å². The van der Waals surface area contributed by atoms with Crippen molar-refractivity contribution in [2.24, 2.45) is 7.05 Å². The fourth-order valence-electron chi connectivity index (χ4n) is 7.25. The first-order valence-corrected chi connectivity index (χ1v) is 21.2. The summed E-state index contributed by atoms with van der Waals surface area (Å²) in [6.07, 6.45) is 56.6. The predicted octanol–water partition coefficient (Wildman–Crippen LogP) is 14.9. The normalized spacial score (nSPS) is 11.5. The molecule has 264 valence electrons. The summed E-state index contributed by atoms with van der Waals surface area (Å²) in [6.45, 7) is 4.62. The number of rotatable bonds is 36. The van der Waals surface area contributed by atoms with Crippen LogP contribution >= 0.6 is 0 Å². The third-order valence-corrected chi connectivity index (χ3v) is 10.2. The van der Waals surface area contributed by atoms with Crippen molar-refractivity contribution in [2.45, 2.75) is 245 Å². The second-order valence-electron chi connectivity index (χ2n) is 15.0. The van der Waals surface area contributed by atoms with Gasteiger partial charge in [-0.05, 0) is 31.7 Å². The molecule has 0 fully saturated rings. The minimum Gasteiger partial charge on any atom is -0.207 e. The Morgan fingerprint density at radius 3 is 0.733 bits per heavy atom. The minimum atomic E-state index is 1.26. The fraction of sp³-hybridized carbons (Fsp3) is 0.886. The summed E-state index contributed by atoms with van der Waals surface area (Å²) >= 11 is 0. The molecule has 1 aromatic heterocycles. The second-order valence-corrected chi connectivity index (χ2v) is 15.0. The number of aryl methyl sites for hydroxylation is 3. The monoisotopic (exact) mass is 627 g/mol. The zero-order valence-electron chi connectivity index (χ0n) is 31.6. The van der Waals surface area contributed by atoms with Crippen LogP contribution in [0, 0.1) is 0 Å². The van der Waals surface area contributed by atoms with Crippen LogP contribution in [0.25, 0.3) is 0 Å². The van der Waals surface area contributed by atoms with Crippen LogP contribution in [0.1, 0.15) is 243 Å². The summed E-state index contributed by atoms with van der Waals surface area (Å²) < 4.78 is 2.31. The molecule has 0 spiro atoms. The van der Waals surface area contributed by atoms with Gasteiger partial charge in [-0.1, -0.05) is 219 Å². The lowest BCUT2D eigenvalue weighted by Gasteiger charge is -2.06. The van der Waals surface area contributed by atoms with Crippen molar-refractivity contribution in [3.63, 3.8) is 0 Å². The SMILES string of the molecule is CCCCCCCCCCCCCCCCCCCc1cc(CCCCCCCCCCCCCCCCCCC)c[n+](C)c1. The van der Waals surface area contributed by atoms with Crippen LogP contribution in [0.3, 0.4) is 0 Å². The van der Waals surface area contributed by atoms with Crippen molar-refractivity contribution in [1.82, 2.24) is 0 Å². The maximum absolute atomic E-state index is 2.51. The number of aromatic nitrogens is 1. The smallest absolute Gasteiger partial charge is 0.171 e. The lowest BCUT2D eigenvalue weighted by Crippen LogP contribution is -2.28. The maximum Gasteiger partial charge on any atom is 0.171 e. The second kappa shape index (κ2) is 34.5. The molecule has 0 aliphatic rings. The Kier molecular flexibility index (Phi) is 32.3. The fourth-order valence-corrected chi connectivity index (χ4v) is 7.25. The summed E-state index contributed by atoms with van der Waals surface area (Å²) in [6, 6.07) is 2.51. The molecule has 0 bridgehead atoms. The Morgan fingerprint density at radius 2 is 0.511 bits per heavy atom. The van der Waals surface area contributed by atoms with E-state index >= 15 is 0 Å². The van der Waals surface area contributed by atoms with Gasteiger partial charge >= 0.3 is 0 Å². The summed E-state index contributed by atoms with van der Waals surface area (Å²) in [5.41, 5.74) is 3.12. The van der Waals surface area contributed by atoms with Gasteiger partial charge in [-0.25, -0.2) is 4.57 Å². The van der Waals surface area contributed by atoms with Gasteiger partial charge < -0.3 is 0 Å². The molecular weight excluding hydrogens is 542 g/mol. The van der Waals surface area contributed by atoms with Gasteiger partial charge in [0.25, 0.3) is 0 Å². The van der Waals surface area contributed by atoms with Crippen molar-refractivity contribution in [3.8, 4) is 0 Å². The average molecular weight is 627 g/mol. The van der Waals surface area contributed by atoms with Crippen molar-refractivity contribution in [3.05, 3.63) is 29.6 Å². The number of pyridine rings is 1. The number of hydrogen-bond donors (Lipinski definition) is 0. The first-order valence-electron chi connectivity index (χ1n) is 21.2. The van der Waals surface area contributed by atoms with Crippen LogP contribution < -0.4 is 4.57 Å². The van der Waals surface area contributed by atoms with Gasteiger partial charge in [0.1, 0.15) is 7.05 Å². The highest BCUT2D eigenvalue weighted by Gasteiger charge is 2.05. The van der Waals surface area contributed by atoms with Crippen LogP contribution in [-0.2, 0) is 19.9 Å². The van der Waals surface area contributed by atoms with Crippen molar-refractivity contribution in [2.75, 3.05) is 0 Å². The molecular formula is C44H84N+. The van der Waals surface area contributed by atoms with Crippen molar-refractivity contribution >= 4 is 0 Å². The third kappa shape index (κ3) is 30.2. The summed E-state index contributed by atoms with van der Waals surface area (Å²) in [5.74, 6) is 0. The molecule has 1 rings (SSSR count). The molecule has 1 nitrogen and oxygen atoms in total. The number of hydrogen-bond acceptors (Lipinski definition) is 0. The highest BCUT2D eigenvalue weighted by Crippen LogP contribution is 2.17. The standard InChI is InChI=1S/C44H84N/c1-4-6-8-10-12-14-16-18-20-22-24-26-28-30-32-34-36-38-43-40-44(42-45(3)41-43)39-37-35-33-31-29-27-25-23-21-19-17-15-13-11-9-7-5-2/h40-42H,4-39H2,1-3H3/q+1. The molecule has 0 N–H and O–H groups in total. The Balaban J connectivity index is 1.89. The average Bonchev–Trinajstić information content (AvgIpc) is 3.03. The maximum atomic E-state index is 2.51. The third-order valence-electron chi connectivity index (χ3n) is 10.2. The van der Waals surface area contributed by atoms with Crippen LogP contribution in [-0.4, -0.2) is 0 Å². The zero-order valence-corrected chi connectivity index (χ0v) is 31.6. The highest BCUT2D eigenvalue weighted by atomic mass is 14.9. The topological polar surface area (TPSA) is 3.88 Å². The Hall–Kier alpha value is -0.850. The van der Waals surface area contributed by atoms with Crippen molar-refractivity contribution in [1.29, 1.82) is 0 Å². The van der Waals surface area contributed by atoms with E-state index in [2.05, 4.69) is 43.9 Å². The lowest BCUT2D eigenvalue weighted by molar-refractivity contribution is -0.672. The number of nitrogens with zero attached hydrogens (tertiary/aromatic N) is 1. The Morgan fingerprint density at radius 1 is 0.311 bits per heavy atom. The molecule has 0 unspecified atom stereocenters. The van der Waals surface area contributed by atoms with Gasteiger partial charge in [-0.15, -0.1) is 0 Å². The molecule has 0 aliphatic carbocycles. The summed E-state index contributed by atoms with van der Waals surface area (Å²) in [7, 11) is 2.22. The highest BCUT2D eigenvalue weighted by molar-refractivity contribution is 5.15. The molecule has 1 heterocycles. The first kappa shape index (κ1) is 42.2. The lowest BCUT2D eigenvalue weighted by atomic mass is 10.0. The molecule has 1 aromatic rings. The largest absolute Gasteiger partial charge is 0.207 e. The predicted molar refractivity (Wildman–Crippen MR) is 203 cm³/mol. The van der Waals surface area contributed by atoms with Gasteiger partial charge in [-0.3, -0.25) is 0 Å². The van der Waals surface area contributed by atoms with E-state index < -0.39 is 0 Å². The molecule has 0 saturated heterocycles. The molecule has 0 amide bonds. The Bertz CT molecular complexity index is 653. The number of unbranched alkanes of at least 4 members (excludes halogenated alkanes) is 32. The van der Waals surface area contributed by atoms with Crippen LogP contribution in [0.5, 0.6) is 0 Å². The Labute approximate surface area is 285 Å². The summed E-state index contributed by atoms with van der Waals surface area (Å²) in [5, 5.41) is 0. The zero-order chi connectivity index (χ0) is 32.3. The van der Waals surface area contributed by atoms with E-state index in [0.29, 0.717) is 0 Å². The molecule has 45 heavy (non-hydrogen) atoms. The molecule has 0 saturated carbocycles. The van der Waals surface area contributed by atoms with E-state index in [-0.39, 0.29) is 0 Å². The molecule has 0 aliphatic heterocycles. The van der Waals surface area contributed by atoms with Crippen molar-refractivity contribution < 1.29 is 4.57 Å². The quantitative estimate of drug-likeness (QED) is 0.0515. The van der Waals surface area contributed by atoms with E-state index in [9.17, 15) is 0 Å². The van der Waals surface area contributed by atoms with Gasteiger partial charge in [0, 0.05) is 11.1 Å². The molecule has 0 aromatic carbocycles. The molecule has 0 radical (unpaired) electrons. The van der Waals surface area contributed by atoms with E-state index in [0.717, 1.165) is 0 Å². The van der Waals surface area contributed by atoms with Gasteiger partial charge in [-0.2, -0.15) is 0 Å². The van der Waals surface area contributed by atoms with Gasteiger partial charge in [0.2, 0.25) is 0 Å². The summed E-state index contributed by atoms with van der Waals surface area (Å²) in [4.78, 5) is 0. The molecule has 1 heteroatoms. The van der Waals surface area contributed by atoms with E-state index in [1.54, 1.807) is 11.1 Å². The van der Waals surface area contributed by atoms with E-state index in [1.807, 2.05) is 0 Å². The minimum absolute atomic E-state index is 1.26. The van der Waals surface area contributed by atoms with E-state index in [4.69, 9.17) is 0 Å². The first-order chi connectivity index (χ1) is 22.3. The van der Waals surface area contributed by atoms with Crippen LogP contribution in [0.2, 0.25) is 0 Å². The van der Waals surface area contributed by atoms with Gasteiger partial charge in [0.05, 0.1) is 0 Å². The van der Waals surface area contributed by atoms with Crippen LogP contribution in [0.15, 0.2) is 18.5 Å². The van der Waals surface area contributed by atoms with Crippen LogP contribution in [0.4, 0.5) is 0 Å². The van der Waals surface area contributed by atoms with E-state index in [1.165, 1.54) is 231 Å².